The van der Waals surface area contributed by atoms with Crippen LogP contribution in [0.1, 0.15) is 18.1 Å². The quantitative estimate of drug-likeness (QED) is 0.644. The zero-order valence-corrected chi connectivity index (χ0v) is 10.6. The number of aryl methyl sites for hydroxylation is 1. The minimum Gasteiger partial charge on any atom is -0.480 e. The second kappa shape index (κ2) is 6.76. The molecule has 0 aliphatic rings. The maximum atomic E-state index is 11.6. The van der Waals surface area contributed by atoms with Crippen molar-refractivity contribution in [2.24, 2.45) is 0 Å². The van der Waals surface area contributed by atoms with E-state index in [1.807, 2.05) is 24.3 Å². The highest BCUT2D eigenvalue weighted by atomic mass is 16.4. The first-order chi connectivity index (χ1) is 8.58. The summed E-state index contributed by atoms with van der Waals surface area (Å²) in [7, 11) is 1.44. The summed E-state index contributed by atoms with van der Waals surface area (Å²) in [6.45, 7) is 2.40. The second-order valence-electron chi connectivity index (χ2n) is 3.95. The van der Waals surface area contributed by atoms with E-state index in [2.05, 4.69) is 17.6 Å². The first-order valence-corrected chi connectivity index (χ1v) is 5.84. The van der Waals surface area contributed by atoms with Crippen molar-refractivity contribution in [2.45, 2.75) is 25.9 Å². The minimum atomic E-state index is -1.21. The number of carboxylic acids is 1. The molecule has 5 nitrogen and oxygen atoms in total. The number of amides is 1. The Hall–Kier alpha value is -1.88. The second-order valence-corrected chi connectivity index (χ2v) is 3.95. The van der Waals surface area contributed by atoms with Crippen LogP contribution < -0.4 is 10.6 Å². The molecule has 18 heavy (non-hydrogen) atoms. The Kier molecular flexibility index (Phi) is 5.32. The average Bonchev–Trinajstić information content (AvgIpc) is 2.37. The van der Waals surface area contributed by atoms with Gasteiger partial charge in [0.1, 0.15) is 0 Å². The van der Waals surface area contributed by atoms with Crippen LogP contribution in [-0.4, -0.2) is 30.1 Å². The van der Waals surface area contributed by atoms with E-state index in [0.717, 1.165) is 12.0 Å². The Balaban J connectivity index is 2.53. The van der Waals surface area contributed by atoms with E-state index in [1.54, 1.807) is 0 Å². The van der Waals surface area contributed by atoms with Crippen LogP contribution in [0.2, 0.25) is 0 Å². The van der Waals surface area contributed by atoms with Gasteiger partial charge < -0.3 is 10.4 Å². The molecule has 0 spiro atoms. The van der Waals surface area contributed by atoms with E-state index < -0.39 is 17.9 Å². The van der Waals surface area contributed by atoms with Gasteiger partial charge in [-0.2, -0.15) is 0 Å². The summed E-state index contributed by atoms with van der Waals surface area (Å²) in [5.41, 5.74) is 2.17. The van der Waals surface area contributed by atoms with Crippen molar-refractivity contribution < 1.29 is 14.7 Å². The molecule has 1 atom stereocenters. The van der Waals surface area contributed by atoms with Gasteiger partial charge in [-0.15, -0.1) is 0 Å². The lowest BCUT2D eigenvalue weighted by Crippen LogP contribution is -2.47. The molecule has 0 heterocycles. The number of carbonyl (C=O) groups excluding carboxylic acids is 1. The van der Waals surface area contributed by atoms with Crippen LogP contribution in [0.3, 0.4) is 0 Å². The predicted octanol–water partition coefficient (Wildman–Crippen LogP) is 0.538. The van der Waals surface area contributed by atoms with E-state index in [1.165, 1.54) is 12.6 Å². The van der Waals surface area contributed by atoms with Crippen LogP contribution in [0.15, 0.2) is 24.3 Å². The summed E-state index contributed by atoms with van der Waals surface area (Å²) < 4.78 is 0. The van der Waals surface area contributed by atoms with E-state index in [4.69, 9.17) is 5.11 Å². The monoisotopic (exact) mass is 250 g/mol. The number of carbonyl (C=O) groups is 2. The van der Waals surface area contributed by atoms with Crippen molar-refractivity contribution in [3.63, 3.8) is 0 Å². The van der Waals surface area contributed by atoms with Crippen LogP contribution in [-0.2, 0) is 22.6 Å². The molecular weight excluding hydrogens is 232 g/mol. The number of hydrogen-bond donors (Lipinski definition) is 3. The van der Waals surface area contributed by atoms with Crippen molar-refractivity contribution in [1.29, 1.82) is 0 Å². The van der Waals surface area contributed by atoms with Gasteiger partial charge in [0.2, 0.25) is 5.91 Å². The normalized spacial score (nSPS) is 11.9. The fourth-order valence-corrected chi connectivity index (χ4v) is 1.55. The minimum absolute atomic E-state index is 0.328. The lowest BCUT2D eigenvalue weighted by atomic mass is 10.1. The first kappa shape index (κ1) is 14.2. The van der Waals surface area contributed by atoms with Crippen molar-refractivity contribution in [3.05, 3.63) is 35.4 Å². The van der Waals surface area contributed by atoms with Crippen LogP contribution in [0, 0.1) is 0 Å². The molecule has 1 amide bonds. The third kappa shape index (κ3) is 3.85. The molecule has 1 unspecified atom stereocenters. The van der Waals surface area contributed by atoms with Gasteiger partial charge in [-0.25, -0.2) is 4.79 Å². The molecule has 5 heteroatoms. The Bertz CT molecular complexity index is 415. The molecule has 0 bridgehead atoms. The SMILES string of the molecule is CCc1ccc(CNC(=O)C(NC)C(=O)O)cc1. The molecular formula is C13H18N2O3. The molecule has 0 aliphatic heterocycles. The number of carboxylic acid groups (broad SMARTS) is 1. The number of likely N-dealkylation sites (N-methyl/N-ethyl adjacent to an activating group) is 1. The molecule has 0 aliphatic carbocycles. The van der Waals surface area contributed by atoms with Gasteiger partial charge in [-0.05, 0) is 24.6 Å². The van der Waals surface area contributed by atoms with Crippen LogP contribution in [0.25, 0.3) is 0 Å². The zero-order chi connectivity index (χ0) is 13.5. The van der Waals surface area contributed by atoms with Gasteiger partial charge in [0.05, 0.1) is 0 Å². The van der Waals surface area contributed by atoms with Crippen LogP contribution in [0.5, 0.6) is 0 Å². The topological polar surface area (TPSA) is 78.4 Å². The number of aliphatic carboxylic acids is 1. The number of hydrogen-bond acceptors (Lipinski definition) is 3. The summed E-state index contributed by atoms with van der Waals surface area (Å²) in [6, 6.07) is 6.63. The van der Waals surface area contributed by atoms with Crippen molar-refractivity contribution in [2.75, 3.05) is 7.05 Å². The predicted molar refractivity (Wildman–Crippen MR) is 68.2 cm³/mol. The van der Waals surface area contributed by atoms with Crippen LogP contribution in [0.4, 0.5) is 0 Å². The fourth-order valence-electron chi connectivity index (χ4n) is 1.55. The molecule has 0 fully saturated rings. The van der Waals surface area contributed by atoms with Gasteiger partial charge in [-0.1, -0.05) is 31.2 Å². The summed E-state index contributed by atoms with van der Waals surface area (Å²) in [5.74, 6) is -1.72. The molecule has 0 saturated carbocycles. The molecule has 98 valence electrons. The van der Waals surface area contributed by atoms with E-state index in [-0.39, 0.29) is 0 Å². The number of rotatable bonds is 6. The third-order valence-corrected chi connectivity index (χ3v) is 2.70. The lowest BCUT2D eigenvalue weighted by molar-refractivity contribution is -0.143. The third-order valence-electron chi connectivity index (χ3n) is 2.70. The molecule has 1 aromatic rings. The van der Waals surface area contributed by atoms with Gasteiger partial charge >= 0.3 is 5.97 Å². The largest absolute Gasteiger partial charge is 0.480 e. The summed E-state index contributed by atoms with van der Waals surface area (Å²) in [5, 5.41) is 13.8. The van der Waals surface area contributed by atoms with E-state index in [9.17, 15) is 9.59 Å². The Morgan fingerprint density at radius 3 is 2.22 bits per heavy atom. The number of nitrogens with one attached hydrogen (secondary N) is 2. The summed E-state index contributed by atoms with van der Waals surface area (Å²) >= 11 is 0. The van der Waals surface area contributed by atoms with Crippen LogP contribution >= 0.6 is 0 Å². The van der Waals surface area contributed by atoms with Gasteiger partial charge in [0.25, 0.3) is 0 Å². The smallest absolute Gasteiger partial charge is 0.330 e. The Morgan fingerprint density at radius 1 is 1.22 bits per heavy atom. The van der Waals surface area contributed by atoms with Gasteiger partial charge in [0.15, 0.2) is 6.04 Å². The average molecular weight is 250 g/mol. The molecule has 0 radical (unpaired) electrons. The lowest BCUT2D eigenvalue weighted by Gasteiger charge is -2.11. The molecule has 3 N–H and O–H groups in total. The molecule has 1 aromatic carbocycles. The maximum Gasteiger partial charge on any atom is 0.330 e. The highest BCUT2D eigenvalue weighted by Crippen LogP contribution is 2.04. The first-order valence-electron chi connectivity index (χ1n) is 5.84. The Morgan fingerprint density at radius 2 is 1.78 bits per heavy atom. The van der Waals surface area contributed by atoms with E-state index >= 15 is 0 Å². The highest BCUT2D eigenvalue weighted by molar-refractivity contribution is 6.01. The van der Waals surface area contributed by atoms with Gasteiger partial charge in [-0.3, -0.25) is 10.1 Å². The molecule has 0 saturated heterocycles. The molecule has 1 rings (SSSR count). The van der Waals surface area contributed by atoms with Crippen molar-refractivity contribution in [1.82, 2.24) is 10.6 Å². The van der Waals surface area contributed by atoms with Crippen molar-refractivity contribution in [3.8, 4) is 0 Å². The van der Waals surface area contributed by atoms with Crippen molar-refractivity contribution >= 4 is 11.9 Å². The zero-order valence-electron chi connectivity index (χ0n) is 10.6. The summed E-state index contributed by atoms with van der Waals surface area (Å²) in [4.78, 5) is 22.3. The standard InChI is InChI=1S/C13H18N2O3/c1-3-9-4-6-10(7-5-9)8-15-12(16)11(14-2)13(17)18/h4-7,11,14H,3,8H2,1-2H3,(H,15,16)(H,17,18). The molecule has 0 aromatic heterocycles. The van der Waals surface area contributed by atoms with E-state index in [0.29, 0.717) is 6.54 Å². The number of benzene rings is 1. The fraction of sp³-hybridized carbons (Fsp3) is 0.385. The Labute approximate surface area is 106 Å². The highest BCUT2D eigenvalue weighted by Gasteiger charge is 2.23. The maximum absolute atomic E-state index is 11.6. The summed E-state index contributed by atoms with van der Waals surface area (Å²) in [6.07, 6.45) is 0.966. The van der Waals surface area contributed by atoms with Gasteiger partial charge in [0, 0.05) is 6.54 Å².